The topological polar surface area (TPSA) is 40.2 Å². The lowest BCUT2D eigenvalue weighted by Crippen LogP contribution is -2.18. The molecule has 1 atom stereocenters. The van der Waals surface area contributed by atoms with Gasteiger partial charge in [0.1, 0.15) is 5.75 Å². The molecule has 21 heavy (non-hydrogen) atoms. The first kappa shape index (κ1) is 14.5. The van der Waals surface area contributed by atoms with Crippen LogP contribution in [0.15, 0.2) is 18.2 Å². The molecule has 1 unspecified atom stereocenters. The summed E-state index contributed by atoms with van der Waals surface area (Å²) in [6, 6.07) is 6.34. The van der Waals surface area contributed by atoms with Crippen LogP contribution in [0.25, 0.3) is 5.69 Å². The number of benzene rings is 1. The lowest BCUT2D eigenvalue weighted by atomic mass is 9.93. The third kappa shape index (κ3) is 2.34. The molecule has 1 aromatic carbocycles. The number of nitrogens with zero attached hydrogens (tertiary/aromatic N) is 1. The largest absolute Gasteiger partial charge is 0.495 e. The number of rotatable bonds is 2. The van der Waals surface area contributed by atoms with Crippen molar-refractivity contribution < 1.29 is 4.74 Å². The van der Waals surface area contributed by atoms with Crippen LogP contribution in [0.5, 0.6) is 5.75 Å². The maximum Gasteiger partial charge on any atom is 0.144 e. The zero-order valence-corrected chi connectivity index (χ0v) is 13.5. The highest BCUT2D eigenvalue weighted by molar-refractivity contribution is 6.31. The summed E-state index contributed by atoms with van der Waals surface area (Å²) in [5.41, 5.74) is 12.1. The summed E-state index contributed by atoms with van der Waals surface area (Å²) in [5, 5.41) is 0.728. The number of fused-ring (bicyclic) bond motifs is 1. The van der Waals surface area contributed by atoms with Crippen molar-refractivity contribution in [3.63, 3.8) is 0 Å². The van der Waals surface area contributed by atoms with Crippen molar-refractivity contribution in [2.24, 2.45) is 5.73 Å². The number of halogens is 1. The lowest BCUT2D eigenvalue weighted by Gasteiger charge is -2.22. The lowest BCUT2D eigenvalue weighted by molar-refractivity contribution is 0.412. The zero-order valence-electron chi connectivity index (χ0n) is 12.7. The van der Waals surface area contributed by atoms with Crippen LogP contribution in [0.1, 0.15) is 41.4 Å². The van der Waals surface area contributed by atoms with E-state index < -0.39 is 0 Å². The van der Waals surface area contributed by atoms with E-state index in [1.807, 2.05) is 13.0 Å². The highest BCUT2D eigenvalue weighted by atomic mass is 35.5. The molecule has 0 spiro atoms. The molecule has 1 aliphatic carbocycles. The summed E-state index contributed by atoms with van der Waals surface area (Å²) in [6.07, 6.45) is 3.25. The van der Waals surface area contributed by atoms with Crippen molar-refractivity contribution in [3.05, 3.63) is 45.7 Å². The normalized spacial score (nSPS) is 17.7. The van der Waals surface area contributed by atoms with E-state index in [1.165, 1.54) is 17.0 Å². The van der Waals surface area contributed by atoms with E-state index in [1.54, 1.807) is 7.11 Å². The first-order valence-corrected chi connectivity index (χ1v) is 7.72. The van der Waals surface area contributed by atoms with Gasteiger partial charge in [0.2, 0.25) is 0 Å². The maximum atomic E-state index is 6.27. The highest BCUT2D eigenvalue weighted by Gasteiger charge is 2.24. The Hall–Kier alpha value is -1.45. The summed E-state index contributed by atoms with van der Waals surface area (Å²) < 4.78 is 7.82. The Morgan fingerprint density at radius 1 is 1.29 bits per heavy atom. The quantitative estimate of drug-likeness (QED) is 0.907. The smallest absolute Gasteiger partial charge is 0.144 e. The van der Waals surface area contributed by atoms with Gasteiger partial charge in [0.05, 0.1) is 12.8 Å². The van der Waals surface area contributed by atoms with Gasteiger partial charge < -0.3 is 15.0 Å². The van der Waals surface area contributed by atoms with Gasteiger partial charge in [-0.25, -0.2) is 0 Å². The van der Waals surface area contributed by atoms with Crippen LogP contribution in [0, 0.1) is 13.8 Å². The third-order valence-corrected chi connectivity index (χ3v) is 4.76. The minimum absolute atomic E-state index is 0.146. The van der Waals surface area contributed by atoms with E-state index >= 15 is 0 Å². The fourth-order valence-electron chi connectivity index (χ4n) is 3.26. The molecule has 0 radical (unpaired) electrons. The molecule has 1 heterocycles. The molecule has 0 aliphatic heterocycles. The fourth-order valence-corrected chi connectivity index (χ4v) is 3.41. The Morgan fingerprint density at radius 2 is 2.05 bits per heavy atom. The van der Waals surface area contributed by atoms with Gasteiger partial charge in [-0.15, -0.1) is 0 Å². The van der Waals surface area contributed by atoms with Gasteiger partial charge in [-0.1, -0.05) is 11.6 Å². The van der Waals surface area contributed by atoms with Gasteiger partial charge in [0, 0.05) is 28.5 Å². The van der Waals surface area contributed by atoms with Crippen molar-refractivity contribution in [2.75, 3.05) is 7.11 Å². The Morgan fingerprint density at radius 3 is 2.76 bits per heavy atom. The Balaban J connectivity index is 2.24. The second kappa shape index (κ2) is 5.39. The summed E-state index contributed by atoms with van der Waals surface area (Å²) in [4.78, 5) is 0. The summed E-state index contributed by atoms with van der Waals surface area (Å²) >= 11 is 6.22. The first-order chi connectivity index (χ1) is 10.0. The van der Waals surface area contributed by atoms with Crippen LogP contribution in [0.4, 0.5) is 0 Å². The molecule has 2 N–H and O–H groups in total. The minimum atomic E-state index is 0.146. The minimum Gasteiger partial charge on any atom is -0.495 e. The standard InChI is InChI=1S/C17H21ClN2O/c1-10-7-16(17(21-3)9-13(10)18)20-11(2)8-12-14(19)5-4-6-15(12)20/h7-9,14H,4-6,19H2,1-3H3. The van der Waals surface area contributed by atoms with E-state index in [0.717, 1.165) is 41.3 Å². The SMILES string of the molecule is COc1cc(Cl)c(C)cc1-n1c(C)cc2c1CCCC2N. The van der Waals surface area contributed by atoms with Crippen molar-refractivity contribution in [1.82, 2.24) is 4.57 Å². The number of hydrogen-bond acceptors (Lipinski definition) is 2. The molecule has 0 amide bonds. The molecule has 2 aromatic rings. The highest BCUT2D eigenvalue weighted by Crippen LogP contribution is 2.37. The third-order valence-electron chi connectivity index (χ3n) is 4.35. The average molecular weight is 305 g/mol. The van der Waals surface area contributed by atoms with Gasteiger partial charge in [-0.3, -0.25) is 0 Å². The number of aryl methyl sites for hydroxylation is 2. The van der Waals surface area contributed by atoms with E-state index in [-0.39, 0.29) is 6.04 Å². The molecular formula is C17H21ClN2O. The van der Waals surface area contributed by atoms with E-state index in [4.69, 9.17) is 22.1 Å². The molecule has 1 aromatic heterocycles. The monoisotopic (exact) mass is 304 g/mol. The van der Waals surface area contributed by atoms with E-state index in [9.17, 15) is 0 Å². The molecule has 0 fully saturated rings. The first-order valence-electron chi connectivity index (χ1n) is 7.34. The molecule has 4 heteroatoms. The maximum absolute atomic E-state index is 6.27. The van der Waals surface area contributed by atoms with Gasteiger partial charge in [0.25, 0.3) is 0 Å². The Bertz CT molecular complexity index is 691. The molecule has 1 aliphatic rings. The molecule has 0 bridgehead atoms. The second-order valence-electron chi connectivity index (χ2n) is 5.80. The summed E-state index contributed by atoms with van der Waals surface area (Å²) in [5.74, 6) is 0.797. The molecule has 0 saturated carbocycles. The van der Waals surface area contributed by atoms with Gasteiger partial charge in [-0.2, -0.15) is 0 Å². The Labute approximate surface area is 130 Å². The van der Waals surface area contributed by atoms with Crippen LogP contribution in [0.2, 0.25) is 5.02 Å². The number of nitrogens with two attached hydrogens (primary N) is 1. The molecule has 112 valence electrons. The van der Waals surface area contributed by atoms with Crippen molar-refractivity contribution >= 4 is 11.6 Å². The predicted molar refractivity (Wildman–Crippen MR) is 86.7 cm³/mol. The van der Waals surface area contributed by atoms with Crippen LogP contribution in [-0.4, -0.2) is 11.7 Å². The molecule has 3 rings (SSSR count). The average Bonchev–Trinajstić information content (AvgIpc) is 2.79. The van der Waals surface area contributed by atoms with E-state index in [0.29, 0.717) is 0 Å². The number of aromatic nitrogens is 1. The second-order valence-corrected chi connectivity index (χ2v) is 6.20. The number of hydrogen-bond donors (Lipinski definition) is 1. The van der Waals surface area contributed by atoms with Crippen molar-refractivity contribution in [3.8, 4) is 11.4 Å². The van der Waals surface area contributed by atoms with Gasteiger partial charge in [0.15, 0.2) is 0 Å². The number of methoxy groups -OCH3 is 1. The number of ether oxygens (including phenoxy) is 1. The summed E-state index contributed by atoms with van der Waals surface area (Å²) in [6.45, 7) is 4.14. The van der Waals surface area contributed by atoms with E-state index in [2.05, 4.69) is 23.6 Å². The van der Waals surface area contributed by atoms with Crippen molar-refractivity contribution in [1.29, 1.82) is 0 Å². The van der Waals surface area contributed by atoms with Crippen LogP contribution in [0.3, 0.4) is 0 Å². The van der Waals surface area contributed by atoms with Crippen LogP contribution < -0.4 is 10.5 Å². The summed E-state index contributed by atoms with van der Waals surface area (Å²) in [7, 11) is 1.68. The van der Waals surface area contributed by atoms with Crippen LogP contribution in [-0.2, 0) is 6.42 Å². The Kier molecular flexibility index (Phi) is 3.72. The van der Waals surface area contributed by atoms with Gasteiger partial charge in [-0.05, 0) is 56.4 Å². The molecule has 3 nitrogen and oxygen atoms in total. The molecular weight excluding hydrogens is 284 g/mol. The van der Waals surface area contributed by atoms with Crippen LogP contribution >= 0.6 is 11.6 Å². The zero-order chi connectivity index (χ0) is 15.1. The van der Waals surface area contributed by atoms with Gasteiger partial charge >= 0.3 is 0 Å². The van der Waals surface area contributed by atoms with Crippen molar-refractivity contribution in [2.45, 2.75) is 39.2 Å². The predicted octanol–water partition coefficient (Wildman–Crippen LogP) is 4.09. The fraction of sp³-hybridized carbons (Fsp3) is 0.412. The molecule has 0 saturated heterocycles.